The van der Waals surface area contributed by atoms with E-state index in [1.807, 2.05) is 12.3 Å². The Kier molecular flexibility index (Phi) is 4.29. The molecule has 2 heterocycles. The van der Waals surface area contributed by atoms with Gasteiger partial charge in [0.25, 0.3) is 0 Å². The van der Waals surface area contributed by atoms with E-state index in [9.17, 15) is 0 Å². The molecule has 3 nitrogen and oxygen atoms in total. The number of piperazine rings is 1. The van der Waals surface area contributed by atoms with Crippen molar-refractivity contribution in [3.8, 4) is 0 Å². The number of nitrogens with zero attached hydrogens (tertiary/aromatic N) is 2. The van der Waals surface area contributed by atoms with Gasteiger partial charge in [-0.05, 0) is 25.5 Å². The van der Waals surface area contributed by atoms with Crippen LogP contribution in [0.5, 0.6) is 0 Å². The van der Waals surface area contributed by atoms with Crippen LogP contribution >= 0.6 is 0 Å². The maximum atomic E-state index is 4.50. The quantitative estimate of drug-likeness (QED) is 0.803. The third-order valence-corrected chi connectivity index (χ3v) is 3.16. The Bertz CT molecular complexity index is 355. The zero-order valence-electron chi connectivity index (χ0n) is 10.5. The summed E-state index contributed by atoms with van der Waals surface area (Å²) >= 11 is 0. The molecule has 1 aromatic heterocycles. The fourth-order valence-electron chi connectivity index (χ4n) is 2.32. The van der Waals surface area contributed by atoms with Gasteiger partial charge in [-0.1, -0.05) is 11.6 Å². The molecule has 0 radical (unpaired) electrons. The van der Waals surface area contributed by atoms with Crippen LogP contribution in [0.4, 0.5) is 0 Å². The maximum Gasteiger partial charge on any atom is 0.0578 e. The molecule has 1 N–H and O–H groups in total. The van der Waals surface area contributed by atoms with Gasteiger partial charge >= 0.3 is 0 Å². The topological polar surface area (TPSA) is 28.2 Å². The van der Waals surface area contributed by atoms with E-state index in [4.69, 9.17) is 0 Å². The smallest absolute Gasteiger partial charge is 0.0578 e. The van der Waals surface area contributed by atoms with Gasteiger partial charge in [-0.2, -0.15) is 0 Å². The monoisotopic (exact) mass is 231 g/mol. The second-order valence-corrected chi connectivity index (χ2v) is 4.72. The molecule has 92 valence electrons. The minimum Gasteiger partial charge on any atom is -0.314 e. The van der Waals surface area contributed by atoms with Crippen molar-refractivity contribution in [3.63, 3.8) is 0 Å². The lowest BCUT2D eigenvalue weighted by Gasteiger charge is -2.34. The fraction of sp³-hybridized carbons (Fsp3) is 0.500. The molecule has 0 bridgehead atoms. The predicted molar refractivity (Wildman–Crippen MR) is 70.9 cm³/mol. The number of aromatic nitrogens is 1. The highest BCUT2D eigenvalue weighted by molar-refractivity contribution is 5.12. The zero-order valence-corrected chi connectivity index (χ0v) is 10.5. The molecule has 17 heavy (non-hydrogen) atoms. The molecular weight excluding hydrogens is 210 g/mol. The number of pyridine rings is 1. The van der Waals surface area contributed by atoms with Gasteiger partial charge in [0.2, 0.25) is 0 Å². The number of nitrogens with one attached hydrogen (secondary N) is 1. The average Bonchev–Trinajstić information content (AvgIpc) is 2.38. The van der Waals surface area contributed by atoms with Gasteiger partial charge < -0.3 is 5.32 Å². The molecule has 2 rings (SSSR count). The van der Waals surface area contributed by atoms with Gasteiger partial charge in [-0.25, -0.2) is 0 Å². The van der Waals surface area contributed by atoms with E-state index in [0.29, 0.717) is 6.04 Å². The Labute approximate surface area is 104 Å². The van der Waals surface area contributed by atoms with Gasteiger partial charge in [0.05, 0.1) is 11.7 Å². The van der Waals surface area contributed by atoms with Gasteiger partial charge in [0.1, 0.15) is 0 Å². The first-order valence-corrected chi connectivity index (χ1v) is 6.27. The van der Waals surface area contributed by atoms with Crippen molar-refractivity contribution in [2.24, 2.45) is 0 Å². The molecule has 0 amide bonds. The van der Waals surface area contributed by atoms with Crippen molar-refractivity contribution in [2.45, 2.75) is 19.4 Å². The van der Waals surface area contributed by atoms with E-state index in [1.165, 1.54) is 5.57 Å². The lowest BCUT2D eigenvalue weighted by Crippen LogP contribution is -2.45. The molecule has 1 fully saturated rings. The van der Waals surface area contributed by atoms with Crippen LogP contribution in [0.25, 0.3) is 0 Å². The Morgan fingerprint density at radius 3 is 2.82 bits per heavy atom. The second kappa shape index (κ2) is 5.94. The molecular formula is C14H21N3. The number of hydrogen-bond acceptors (Lipinski definition) is 3. The SMILES string of the molecule is C=C(C)C[C@@H](c1ccccn1)N1CCNCC1. The molecule has 3 heteroatoms. The van der Waals surface area contributed by atoms with Crippen molar-refractivity contribution in [3.05, 3.63) is 42.2 Å². The zero-order chi connectivity index (χ0) is 12.1. The van der Waals surface area contributed by atoms with Crippen molar-refractivity contribution < 1.29 is 0 Å². The van der Waals surface area contributed by atoms with Crippen LogP contribution in [0.3, 0.4) is 0 Å². The molecule has 0 unspecified atom stereocenters. The summed E-state index contributed by atoms with van der Waals surface area (Å²) in [4.78, 5) is 7.01. The number of rotatable bonds is 4. The third-order valence-electron chi connectivity index (χ3n) is 3.16. The van der Waals surface area contributed by atoms with Crippen LogP contribution in [0.15, 0.2) is 36.5 Å². The summed E-state index contributed by atoms with van der Waals surface area (Å²) in [7, 11) is 0. The average molecular weight is 231 g/mol. The highest BCUT2D eigenvalue weighted by atomic mass is 15.2. The van der Waals surface area contributed by atoms with Gasteiger partial charge in [0.15, 0.2) is 0 Å². The van der Waals surface area contributed by atoms with Crippen LogP contribution in [0.2, 0.25) is 0 Å². The molecule has 1 aliphatic heterocycles. The van der Waals surface area contributed by atoms with Crippen LogP contribution in [0, 0.1) is 0 Å². The molecule has 1 aliphatic rings. The Morgan fingerprint density at radius 1 is 1.47 bits per heavy atom. The minimum atomic E-state index is 0.385. The largest absolute Gasteiger partial charge is 0.314 e. The summed E-state index contributed by atoms with van der Waals surface area (Å²) in [6.07, 6.45) is 2.87. The van der Waals surface area contributed by atoms with Crippen molar-refractivity contribution >= 4 is 0 Å². The van der Waals surface area contributed by atoms with E-state index in [1.54, 1.807) is 0 Å². The third kappa shape index (κ3) is 3.38. The first kappa shape index (κ1) is 12.3. The molecule has 1 aromatic rings. The number of hydrogen-bond donors (Lipinski definition) is 1. The van der Waals surface area contributed by atoms with Crippen LogP contribution in [0.1, 0.15) is 25.1 Å². The summed E-state index contributed by atoms with van der Waals surface area (Å²) in [5.41, 5.74) is 2.39. The summed E-state index contributed by atoms with van der Waals surface area (Å²) in [5, 5.41) is 3.39. The lowest BCUT2D eigenvalue weighted by molar-refractivity contribution is 0.169. The summed E-state index contributed by atoms with van der Waals surface area (Å²) in [6, 6.07) is 6.54. The molecule has 0 saturated carbocycles. The van der Waals surface area contributed by atoms with Gasteiger partial charge in [-0.15, -0.1) is 6.58 Å². The van der Waals surface area contributed by atoms with E-state index < -0.39 is 0 Å². The fourth-order valence-corrected chi connectivity index (χ4v) is 2.32. The van der Waals surface area contributed by atoms with E-state index in [-0.39, 0.29) is 0 Å². The van der Waals surface area contributed by atoms with Crippen molar-refractivity contribution in [1.82, 2.24) is 15.2 Å². The summed E-state index contributed by atoms with van der Waals surface area (Å²) in [5.74, 6) is 0. The van der Waals surface area contributed by atoms with Crippen molar-refractivity contribution in [1.29, 1.82) is 0 Å². The molecule has 0 aromatic carbocycles. The Balaban J connectivity index is 2.15. The van der Waals surface area contributed by atoms with E-state index in [0.717, 1.165) is 38.3 Å². The summed E-state index contributed by atoms with van der Waals surface area (Å²) < 4.78 is 0. The van der Waals surface area contributed by atoms with Gasteiger partial charge in [0, 0.05) is 32.4 Å². The first-order chi connectivity index (χ1) is 8.27. The van der Waals surface area contributed by atoms with Crippen molar-refractivity contribution in [2.75, 3.05) is 26.2 Å². The highest BCUT2D eigenvalue weighted by Crippen LogP contribution is 2.25. The molecule has 1 atom stereocenters. The predicted octanol–water partition coefficient (Wildman–Crippen LogP) is 1.99. The maximum absolute atomic E-state index is 4.50. The molecule has 0 aliphatic carbocycles. The second-order valence-electron chi connectivity index (χ2n) is 4.72. The normalized spacial score (nSPS) is 18.9. The van der Waals surface area contributed by atoms with Crippen LogP contribution in [-0.2, 0) is 0 Å². The molecule has 0 spiro atoms. The van der Waals surface area contributed by atoms with E-state index >= 15 is 0 Å². The van der Waals surface area contributed by atoms with Crippen LogP contribution < -0.4 is 5.32 Å². The van der Waals surface area contributed by atoms with Crippen LogP contribution in [-0.4, -0.2) is 36.1 Å². The van der Waals surface area contributed by atoms with Gasteiger partial charge in [-0.3, -0.25) is 9.88 Å². The standard InChI is InChI=1S/C14H21N3/c1-12(2)11-14(13-5-3-4-6-16-13)17-9-7-15-8-10-17/h3-6,14-15H,1,7-11H2,2H3/t14-/m0/s1. The van der Waals surface area contributed by atoms with E-state index in [2.05, 4.69) is 40.8 Å². The lowest BCUT2D eigenvalue weighted by atomic mass is 10.0. The minimum absolute atomic E-state index is 0.385. The molecule has 1 saturated heterocycles. The summed E-state index contributed by atoms with van der Waals surface area (Å²) in [6.45, 7) is 10.5. The highest BCUT2D eigenvalue weighted by Gasteiger charge is 2.22. The Morgan fingerprint density at radius 2 is 2.24 bits per heavy atom. The first-order valence-electron chi connectivity index (χ1n) is 6.27. The Hall–Kier alpha value is -1.19.